The fourth-order valence-electron chi connectivity index (χ4n) is 8.31. The smallest absolute Gasteiger partial charge is 0.407 e. The molecule has 2 atom stereocenters. The summed E-state index contributed by atoms with van der Waals surface area (Å²) in [5.41, 5.74) is 4.02. The highest BCUT2D eigenvalue weighted by atomic mass is 16.6. The Morgan fingerprint density at radius 2 is 1.63 bits per heavy atom. The second-order valence-corrected chi connectivity index (χ2v) is 18.0. The van der Waals surface area contributed by atoms with Crippen molar-refractivity contribution in [1.82, 2.24) is 35.8 Å². The number of likely N-dealkylation sites (tertiary alicyclic amines) is 1. The highest BCUT2D eigenvalue weighted by Crippen LogP contribution is 2.43. The standard InChI is InChI=1S/C49H59N7O6.2H2/c1-47(2,3)62-43(57)39(21-13-14-26-50-46(60)61-32-33-15-7-6-8-16-33)53-44(58)48(4,5)41-31-52-42(55-41)40(29-35-30-51-38-20-12-10-18-36(35)38)54-45(59)56-27-24-49(25-28-56)23-22-34-17-9-11-19-37(34)49;;/h6-12,15-20,22-23,30-31,39-40,51H,13-14,21,24-29,32H2,1-5H3,(H,50,60)(H,52,55)(H,53,58)(H,54,59);2*1H/t39-,40-;;/m1../s1. The Hall–Kier alpha value is -6.37. The van der Waals surface area contributed by atoms with Crippen molar-refractivity contribution in [2.24, 2.45) is 0 Å². The molecule has 330 valence electrons. The summed E-state index contributed by atoms with van der Waals surface area (Å²) in [6.45, 7) is 10.6. The van der Waals surface area contributed by atoms with Gasteiger partial charge in [-0.15, -0.1) is 0 Å². The molecule has 1 aliphatic carbocycles. The quantitative estimate of drug-likeness (QED) is 0.0519. The van der Waals surface area contributed by atoms with Crippen LogP contribution in [0.3, 0.4) is 0 Å². The fourth-order valence-corrected chi connectivity index (χ4v) is 8.31. The maximum Gasteiger partial charge on any atom is 0.407 e. The Kier molecular flexibility index (Phi) is 13.2. The van der Waals surface area contributed by atoms with Crippen molar-refractivity contribution in [2.45, 2.75) is 108 Å². The number of piperidine rings is 1. The Morgan fingerprint density at radius 1 is 0.903 bits per heavy atom. The van der Waals surface area contributed by atoms with Gasteiger partial charge in [-0.25, -0.2) is 19.4 Å². The fraction of sp³-hybridized carbons (Fsp3) is 0.408. The van der Waals surface area contributed by atoms with Crippen molar-refractivity contribution in [3.8, 4) is 0 Å². The van der Waals surface area contributed by atoms with E-state index < -0.39 is 41.1 Å². The number of hydrogen-bond acceptors (Lipinski definition) is 7. The van der Waals surface area contributed by atoms with Gasteiger partial charge in [-0.1, -0.05) is 84.9 Å². The maximum absolute atomic E-state index is 14.1. The topological polar surface area (TPSA) is 171 Å². The van der Waals surface area contributed by atoms with Crippen LogP contribution in [0.15, 0.2) is 97.3 Å². The van der Waals surface area contributed by atoms with Crippen molar-refractivity contribution in [1.29, 1.82) is 0 Å². The third-order valence-electron chi connectivity index (χ3n) is 12.0. The minimum absolute atomic E-state index is 0. The summed E-state index contributed by atoms with van der Waals surface area (Å²) in [6, 6.07) is 24.3. The number of nitrogens with one attached hydrogen (secondary N) is 5. The number of H-pyrrole nitrogens is 2. The summed E-state index contributed by atoms with van der Waals surface area (Å²) >= 11 is 0. The zero-order chi connectivity index (χ0) is 43.9. The summed E-state index contributed by atoms with van der Waals surface area (Å²) in [6.07, 6.45) is 11.1. The molecule has 13 heteroatoms. The van der Waals surface area contributed by atoms with Crippen LogP contribution in [-0.4, -0.2) is 75.1 Å². The number of amides is 4. The number of hydrogen-bond donors (Lipinski definition) is 5. The van der Waals surface area contributed by atoms with Gasteiger partial charge in [0.15, 0.2) is 0 Å². The average Bonchev–Trinajstić information content (AvgIpc) is 4.01. The van der Waals surface area contributed by atoms with Crippen LogP contribution in [0.2, 0.25) is 0 Å². The molecule has 4 amide bonds. The SMILES string of the molecule is CC(C)(C)OC(=O)[C@@H](CCCCNC(=O)OCc1ccccc1)NC(=O)C(C)(C)c1cnc([C@@H](Cc2c[nH]c3ccccc23)NC(=O)N2CCC3(C=Cc4ccccc43)CC2)[nH]1.[HH].[HH]. The van der Waals surface area contributed by atoms with Crippen molar-refractivity contribution in [2.75, 3.05) is 19.6 Å². The second kappa shape index (κ2) is 18.7. The zero-order valence-electron chi connectivity index (χ0n) is 36.4. The maximum atomic E-state index is 14.1. The molecule has 0 unspecified atom stereocenters. The predicted molar refractivity (Wildman–Crippen MR) is 243 cm³/mol. The summed E-state index contributed by atoms with van der Waals surface area (Å²) in [4.78, 5) is 67.3. The minimum atomic E-state index is -1.16. The lowest BCUT2D eigenvalue weighted by Crippen LogP contribution is -2.50. The largest absolute Gasteiger partial charge is 0.458 e. The number of fused-ring (bicyclic) bond motifs is 3. The molecule has 1 spiro atoms. The number of alkyl carbamates (subject to hydrolysis) is 1. The number of allylic oxidation sites excluding steroid dienone is 1. The van der Waals surface area contributed by atoms with Crippen LogP contribution in [0.4, 0.5) is 9.59 Å². The van der Waals surface area contributed by atoms with Crippen molar-refractivity contribution in [3.05, 3.63) is 131 Å². The van der Waals surface area contributed by atoms with Gasteiger partial charge in [-0.3, -0.25) is 4.79 Å². The van der Waals surface area contributed by atoms with E-state index in [1.165, 1.54) is 11.1 Å². The first-order chi connectivity index (χ1) is 29.7. The van der Waals surface area contributed by atoms with E-state index in [0.717, 1.165) is 34.9 Å². The van der Waals surface area contributed by atoms with E-state index in [1.807, 2.05) is 59.6 Å². The van der Waals surface area contributed by atoms with E-state index in [2.05, 4.69) is 68.4 Å². The number of aromatic amines is 2. The normalized spacial score (nSPS) is 15.5. The number of aromatic nitrogens is 3. The number of esters is 1. The van der Waals surface area contributed by atoms with Gasteiger partial charge in [0.1, 0.15) is 24.1 Å². The molecule has 1 fully saturated rings. The van der Waals surface area contributed by atoms with Gasteiger partial charge in [0.05, 0.1) is 11.5 Å². The van der Waals surface area contributed by atoms with Gasteiger partial charge < -0.3 is 40.3 Å². The number of para-hydroxylation sites is 1. The third kappa shape index (κ3) is 10.4. The molecule has 2 aromatic heterocycles. The molecular weight excluding hydrogens is 783 g/mol. The van der Waals surface area contributed by atoms with E-state index in [0.29, 0.717) is 56.8 Å². The van der Waals surface area contributed by atoms with E-state index in [9.17, 15) is 19.2 Å². The molecule has 0 saturated carbocycles. The molecule has 3 aromatic carbocycles. The van der Waals surface area contributed by atoms with Crippen LogP contribution in [-0.2, 0) is 42.9 Å². The number of benzene rings is 3. The Bertz CT molecular complexity index is 2400. The van der Waals surface area contributed by atoms with Crippen LogP contribution in [0, 0.1) is 0 Å². The lowest BCUT2D eigenvalue weighted by atomic mass is 9.74. The third-order valence-corrected chi connectivity index (χ3v) is 12.0. The molecular formula is C49H63N7O6. The van der Waals surface area contributed by atoms with Gasteiger partial charge >= 0.3 is 18.1 Å². The number of nitrogens with zero attached hydrogens (tertiary/aromatic N) is 2. The van der Waals surface area contributed by atoms with E-state index in [-0.39, 0.29) is 20.9 Å². The molecule has 2 aliphatic rings. The van der Waals surface area contributed by atoms with E-state index in [1.54, 1.807) is 40.8 Å². The molecule has 5 aromatic rings. The van der Waals surface area contributed by atoms with Crippen LogP contribution < -0.4 is 16.0 Å². The van der Waals surface area contributed by atoms with Gasteiger partial charge in [-0.2, -0.15) is 0 Å². The highest BCUT2D eigenvalue weighted by molar-refractivity contribution is 5.91. The molecule has 62 heavy (non-hydrogen) atoms. The van der Waals surface area contributed by atoms with Gasteiger partial charge in [-0.05, 0) is 95.0 Å². The molecule has 5 N–H and O–H groups in total. The summed E-state index contributed by atoms with van der Waals surface area (Å²) in [5.74, 6) is -0.423. The monoisotopic (exact) mass is 845 g/mol. The molecule has 13 nitrogen and oxygen atoms in total. The summed E-state index contributed by atoms with van der Waals surface area (Å²) in [5, 5.41) is 10.0. The summed E-state index contributed by atoms with van der Waals surface area (Å²) < 4.78 is 11.0. The summed E-state index contributed by atoms with van der Waals surface area (Å²) in [7, 11) is 0. The van der Waals surface area contributed by atoms with Crippen LogP contribution >= 0.6 is 0 Å². The van der Waals surface area contributed by atoms with E-state index in [4.69, 9.17) is 14.5 Å². The van der Waals surface area contributed by atoms with E-state index >= 15 is 0 Å². The molecule has 1 aliphatic heterocycles. The first kappa shape index (κ1) is 43.7. The van der Waals surface area contributed by atoms with Crippen LogP contribution in [0.1, 0.15) is 109 Å². The van der Waals surface area contributed by atoms with Gasteiger partial charge in [0.2, 0.25) is 5.91 Å². The van der Waals surface area contributed by atoms with Crippen LogP contribution in [0.5, 0.6) is 0 Å². The first-order valence-corrected chi connectivity index (χ1v) is 21.6. The highest BCUT2D eigenvalue weighted by Gasteiger charge is 2.40. The van der Waals surface area contributed by atoms with Crippen molar-refractivity contribution < 1.29 is 31.5 Å². The predicted octanol–water partition coefficient (Wildman–Crippen LogP) is 8.64. The molecule has 0 radical (unpaired) electrons. The molecule has 0 bridgehead atoms. The van der Waals surface area contributed by atoms with Crippen molar-refractivity contribution in [3.63, 3.8) is 0 Å². The molecule has 7 rings (SSSR count). The Labute approximate surface area is 366 Å². The second-order valence-electron chi connectivity index (χ2n) is 18.0. The lowest BCUT2D eigenvalue weighted by molar-refractivity contribution is -0.159. The van der Waals surface area contributed by atoms with Gasteiger partial charge in [0.25, 0.3) is 0 Å². The van der Waals surface area contributed by atoms with Crippen LogP contribution in [0.25, 0.3) is 17.0 Å². The number of ether oxygens (including phenoxy) is 2. The molecule has 1 saturated heterocycles. The lowest BCUT2D eigenvalue weighted by Gasteiger charge is -2.39. The number of imidazole rings is 1. The first-order valence-electron chi connectivity index (χ1n) is 21.6. The number of unbranched alkanes of at least 4 members (excludes halogenated alkanes) is 1. The number of urea groups is 1. The number of carbonyl (C=O) groups is 4. The zero-order valence-corrected chi connectivity index (χ0v) is 36.4. The number of carbonyl (C=O) groups excluding carboxylic acids is 4. The van der Waals surface area contributed by atoms with Gasteiger partial charge in [0, 0.05) is 63.3 Å². The minimum Gasteiger partial charge on any atom is -0.458 e. The Balaban J connectivity index is 0.00000385. The average molecular weight is 846 g/mol. The molecule has 3 heterocycles. The number of rotatable bonds is 15. The Morgan fingerprint density at radius 3 is 2.40 bits per heavy atom. The van der Waals surface area contributed by atoms with Crippen molar-refractivity contribution >= 4 is 41.0 Å².